The Bertz CT molecular complexity index is 155. The molecule has 0 aromatic carbocycles. The summed E-state index contributed by atoms with van der Waals surface area (Å²) >= 11 is 0. The molecule has 0 fully saturated rings. The normalized spacial score (nSPS) is 19.5. The van der Waals surface area contributed by atoms with Gasteiger partial charge >= 0.3 is 0 Å². The Labute approximate surface area is 61.9 Å². The van der Waals surface area contributed by atoms with Gasteiger partial charge in [-0.1, -0.05) is 0 Å². The zero-order valence-electron chi connectivity index (χ0n) is 6.89. The molecule has 58 valence electrons. The summed E-state index contributed by atoms with van der Waals surface area (Å²) in [4.78, 5) is 6.22. The fraction of sp³-hybridized carbons (Fsp3) is 0.857. The predicted molar refractivity (Wildman–Crippen MR) is 42.9 cm³/mol. The molecule has 0 radical (unpaired) electrons. The lowest BCUT2D eigenvalue weighted by atomic mass is 10.1. The highest BCUT2D eigenvalue weighted by Crippen LogP contribution is 2.14. The molecule has 1 aliphatic rings. The molecule has 0 spiro atoms. The van der Waals surface area contributed by atoms with Crippen molar-refractivity contribution in [3.8, 4) is 0 Å². The fourth-order valence-electron chi connectivity index (χ4n) is 1.14. The van der Waals surface area contributed by atoms with Crippen molar-refractivity contribution in [2.45, 2.75) is 26.3 Å². The molecule has 0 bridgehead atoms. The number of hydrogen-bond donors (Lipinski definition) is 1. The van der Waals surface area contributed by atoms with E-state index in [2.05, 4.69) is 30.7 Å². The summed E-state index contributed by atoms with van der Waals surface area (Å²) in [6.45, 7) is 8.24. The number of aliphatic imine (C=N–C) groups is 1. The van der Waals surface area contributed by atoms with Crippen molar-refractivity contribution in [2.75, 3.05) is 13.1 Å². The second-order valence-electron chi connectivity index (χ2n) is 3.56. The van der Waals surface area contributed by atoms with Crippen LogP contribution in [0.25, 0.3) is 0 Å². The first-order valence-corrected chi connectivity index (χ1v) is 3.59. The van der Waals surface area contributed by atoms with Gasteiger partial charge in [0.05, 0.1) is 6.54 Å². The minimum Gasteiger partial charge on any atom is -0.370 e. The Hall–Kier alpha value is -0.730. The van der Waals surface area contributed by atoms with E-state index in [1.807, 2.05) is 0 Å². The lowest BCUT2D eigenvalue weighted by Gasteiger charge is -2.32. The molecule has 1 rings (SSSR count). The van der Waals surface area contributed by atoms with Crippen LogP contribution in [0.1, 0.15) is 20.8 Å². The van der Waals surface area contributed by atoms with Crippen LogP contribution in [-0.2, 0) is 0 Å². The van der Waals surface area contributed by atoms with Crippen LogP contribution in [-0.4, -0.2) is 29.5 Å². The van der Waals surface area contributed by atoms with Gasteiger partial charge in [0.15, 0.2) is 5.96 Å². The van der Waals surface area contributed by atoms with Gasteiger partial charge in [-0.05, 0) is 20.8 Å². The zero-order chi connectivity index (χ0) is 7.78. The highest BCUT2D eigenvalue weighted by molar-refractivity contribution is 5.80. The van der Waals surface area contributed by atoms with Crippen molar-refractivity contribution in [3.63, 3.8) is 0 Å². The van der Waals surface area contributed by atoms with Gasteiger partial charge in [0.1, 0.15) is 0 Å². The predicted octanol–water partition coefficient (Wildman–Crippen LogP) is 0.415. The molecule has 0 atom stereocenters. The Morgan fingerprint density at radius 3 is 2.30 bits per heavy atom. The molecule has 10 heavy (non-hydrogen) atoms. The van der Waals surface area contributed by atoms with Crippen molar-refractivity contribution in [2.24, 2.45) is 10.7 Å². The van der Waals surface area contributed by atoms with Crippen LogP contribution in [0.15, 0.2) is 4.99 Å². The zero-order valence-corrected chi connectivity index (χ0v) is 6.89. The molecule has 1 aliphatic heterocycles. The van der Waals surface area contributed by atoms with Crippen LogP contribution in [0.3, 0.4) is 0 Å². The molecule has 0 aromatic rings. The summed E-state index contributed by atoms with van der Waals surface area (Å²) in [5.74, 6) is 0.688. The molecule has 0 saturated carbocycles. The van der Waals surface area contributed by atoms with Crippen LogP contribution >= 0.6 is 0 Å². The topological polar surface area (TPSA) is 41.6 Å². The molecule has 0 aliphatic carbocycles. The van der Waals surface area contributed by atoms with Gasteiger partial charge in [0.2, 0.25) is 0 Å². The van der Waals surface area contributed by atoms with Crippen LogP contribution in [0.2, 0.25) is 0 Å². The maximum Gasteiger partial charge on any atom is 0.191 e. The fourth-order valence-corrected chi connectivity index (χ4v) is 1.14. The van der Waals surface area contributed by atoms with Crippen LogP contribution in [0.5, 0.6) is 0 Å². The van der Waals surface area contributed by atoms with Gasteiger partial charge in [-0.2, -0.15) is 0 Å². The summed E-state index contributed by atoms with van der Waals surface area (Å²) in [5.41, 5.74) is 5.77. The van der Waals surface area contributed by atoms with Crippen LogP contribution in [0.4, 0.5) is 0 Å². The van der Waals surface area contributed by atoms with E-state index in [-0.39, 0.29) is 5.54 Å². The Kier molecular flexibility index (Phi) is 1.58. The third-order valence-electron chi connectivity index (χ3n) is 1.68. The maximum absolute atomic E-state index is 5.64. The highest BCUT2D eigenvalue weighted by atomic mass is 15.3. The van der Waals surface area contributed by atoms with E-state index in [0.29, 0.717) is 5.96 Å². The number of nitrogens with zero attached hydrogens (tertiary/aromatic N) is 2. The van der Waals surface area contributed by atoms with Crippen molar-refractivity contribution in [3.05, 3.63) is 0 Å². The average Bonchev–Trinajstić information content (AvgIpc) is 2.11. The molecule has 3 heteroatoms. The first-order chi connectivity index (χ1) is 4.52. The van der Waals surface area contributed by atoms with E-state index in [1.54, 1.807) is 0 Å². The van der Waals surface area contributed by atoms with E-state index in [9.17, 15) is 0 Å². The minimum atomic E-state index is 0.129. The second kappa shape index (κ2) is 2.15. The van der Waals surface area contributed by atoms with E-state index >= 15 is 0 Å². The van der Waals surface area contributed by atoms with E-state index in [1.165, 1.54) is 0 Å². The first-order valence-electron chi connectivity index (χ1n) is 3.59. The Morgan fingerprint density at radius 2 is 2.10 bits per heavy atom. The van der Waals surface area contributed by atoms with E-state index < -0.39 is 0 Å². The van der Waals surface area contributed by atoms with Crippen LogP contribution < -0.4 is 5.73 Å². The third kappa shape index (κ3) is 1.23. The van der Waals surface area contributed by atoms with Gasteiger partial charge in [0, 0.05) is 12.1 Å². The number of hydrogen-bond acceptors (Lipinski definition) is 3. The van der Waals surface area contributed by atoms with Gasteiger partial charge < -0.3 is 10.6 Å². The van der Waals surface area contributed by atoms with Gasteiger partial charge in [-0.15, -0.1) is 0 Å². The quantitative estimate of drug-likeness (QED) is 0.531. The van der Waals surface area contributed by atoms with Crippen molar-refractivity contribution < 1.29 is 0 Å². The lowest BCUT2D eigenvalue weighted by molar-refractivity contribution is 0.255. The van der Waals surface area contributed by atoms with Crippen molar-refractivity contribution in [1.82, 2.24) is 4.90 Å². The number of nitrogens with two attached hydrogens (primary N) is 1. The highest BCUT2D eigenvalue weighted by Gasteiger charge is 2.25. The molecule has 0 aromatic heterocycles. The molecular formula is C7H15N3. The van der Waals surface area contributed by atoms with E-state index in [0.717, 1.165) is 13.1 Å². The maximum atomic E-state index is 5.64. The van der Waals surface area contributed by atoms with Crippen molar-refractivity contribution in [1.29, 1.82) is 0 Å². The van der Waals surface area contributed by atoms with Gasteiger partial charge in [-0.3, -0.25) is 4.99 Å². The molecule has 0 saturated heterocycles. The van der Waals surface area contributed by atoms with E-state index in [4.69, 9.17) is 5.73 Å². The molecular weight excluding hydrogens is 126 g/mol. The Balaban J connectivity index is 2.67. The molecule has 0 unspecified atom stereocenters. The molecule has 3 nitrogen and oxygen atoms in total. The smallest absolute Gasteiger partial charge is 0.191 e. The van der Waals surface area contributed by atoms with Gasteiger partial charge in [-0.25, -0.2) is 0 Å². The Morgan fingerprint density at radius 1 is 1.50 bits per heavy atom. The molecule has 1 heterocycles. The molecule has 2 N–H and O–H groups in total. The SMILES string of the molecule is CC(C)(C)N1CCN=C1N. The van der Waals surface area contributed by atoms with Crippen LogP contribution in [0, 0.1) is 0 Å². The third-order valence-corrected chi connectivity index (χ3v) is 1.68. The standard InChI is InChI=1S/C7H15N3/c1-7(2,3)10-5-4-9-6(10)8/h4-5H2,1-3H3,(H2,8,9). The summed E-state index contributed by atoms with van der Waals surface area (Å²) < 4.78 is 0. The molecule has 0 amide bonds. The summed E-state index contributed by atoms with van der Waals surface area (Å²) in [7, 11) is 0. The lowest BCUT2D eigenvalue weighted by Crippen LogP contribution is -2.46. The average molecular weight is 141 g/mol. The minimum absolute atomic E-state index is 0.129. The van der Waals surface area contributed by atoms with Gasteiger partial charge in [0.25, 0.3) is 0 Å². The summed E-state index contributed by atoms with van der Waals surface area (Å²) in [5, 5.41) is 0. The largest absolute Gasteiger partial charge is 0.370 e. The van der Waals surface area contributed by atoms with Crippen molar-refractivity contribution >= 4 is 5.96 Å². The second-order valence-corrected chi connectivity index (χ2v) is 3.56. The first kappa shape index (κ1) is 7.38. The summed E-state index contributed by atoms with van der Waals surface area (Å²) in [6, 6.07) is 0. The number of rotatable bonds is 0. The number of guanidine groups is 1. The summed E-state index contributed by atoms with van der Waals surface area (Å²) in [6.07, 6.45) is 0. The monoisotopic (exact) mass is 141 g/mol.